The molecule has 0 aliphatic carbocycles. The zero-order chi connectivity index (χ0) is 10.7. The molecule has 1 aromatic heterocycles. The van der Waals surface area contributed by atoms with Crippen LogP contribution in [0.5, 0.6) is 0 Å². The third-order valence-corrected chi connectivity index (χ3v) is 2.97. The van der Waals surface area contributed by atoms with Gasteiger partial charge in [0.2, 0.25) is 0 Å². The van der Waals surface area contributed by atoms with Gasteiger partial charge < -0.3 is 10.8 Å². The lowest BCUT2D eigenvalue weighted by Gasteiger charge is -2.04. The summed E-state index contributed by atoms with van der Waals surface area (Å²) < 4.78 is 0. The molecule has 0 saturated carbocycles. The number of carboxylic acids is 1. The summed E-state index contributed by atoms with van der Waals surface area (Å²) >= 11 is 1.53. The maximum atomic E-state index is 10.4. The Morgan fingerprint density at radius 1 is 1.71 bits per heavy atom. The average Bonchev–Trinajstić information content (AvgIpc) is 2.50. The molecule has 0 aromatic carbocycles. The molecule has 0 saturated heterocycles. The van der Waals surface area contributed by atoms with Crippen LogP contribution in [0, 0.1) is 0 Å². The molecule has 0 bridgehead atoms. The minimum atomic E-state index is -0.892. The van der Waals surface area contributed by atoms with Crippen molar-refractivity contribution in [2.24, 2.45) is 5.73 Å². The van der Waals surface area contributed by atoms with Crippen LogP contribution in [0.1, 0.15) is 42.9 Å². The molecule has 0 fully saturated rings. The molecule has 0 radical (unpaired) electrons. The molecule has 14 heavy (non-hydrogen) atoms. The van der Waals surface area contributed by atoms with Crippen LogP contribution in [0.15, 0.2) is 5.38 Å². The summed E-state index contributed by atoms with van der Waals surface area (Å²) in [5, 5.41) is 11.4. The minimum absolute atomic E-state index is 0.0682. The van der Waals surface area contributed by atoms with Crippen molar-refractivity contribution in [1.82, 2.24) is 4.98 Å². The maximum absolute atomic E-state index is 10.4. The normalized spacial score (nSPS) is 13.1. The summed E-state index contributed by atoms with van der Waals surface area (Å²) in [5.74, 6) is -0.526. The lowest BCUT2D eigenvalue weighted by molar-refractivity contribution is -0.137. The standard InChI is InChI=1S/C9H14N2O2S/c1-5(2)9-11-7(4-14-9)6(10)3-8(12)13/h4-6H,3,10H2,1-2H3,(H,12,13). The highest BCUT2D eigenvalue weighted by atomic mass is 32.1. The van der Waals surface area contributed by atoms with Crippen molar-refractivity contribution in [3.63, 3.8) is 0 Å². The quantitative estimate of drug-likeness (QED) is 0.800. The zero-order valence-corrected chi connectivity index (χ0v) is 9.04. The van der Waals surface area contributed by atoms with Gasteiger partial charge in [0, 0.05) is 11.3 Å². The van der Waals surface area contributed by atoms with Crippen LogP contribution in [-0.2, 0) is 4.79 Å². The fraction of sp³-hybridized carbons (Fsp3) is 0.556. The summed E-state index contributed by atoms with van der Waals surface area (Å²) in [6.45, 7) is 4.09. The first-order valence-electron chi connectivity index (χ1n) is 4.43. The van der Waals surface area contributed by atoms with Crippen molar-refractivity contribution >= 4 is 17.3 Å². The predicted octanol–water partition coefficient (Wildman–Crippen LogP) is 1.74. The molecule has 0 aliphatic rings. The van der Waals surface area contributed by atoms with E-state index in [4.69, 9.17) is 10.8 Å². The van der Waals surface area contributed by atoms with Crippen LogP contribution in [-0.4, -0.2) is 16.1 Å². The second-order valence-electron chi connectivity index (χ2n) is 3.47. The van der Waals surface area contributed by atoms with Crippen LogP contribution in [0.2, 0.25) is 0 Å². The van der Waals surface area contributed by atoms with E-state index in [2.05, 4.69) is 4.98 Å². The number of carbonyl (C=O) groups is 1. The smallest absolute Gasteiger partial charge is 0.305 e. The first-order chi connectivity index (χ1) is 6.50. The molecule has 1 unspecified atom stereocenters. The summed E-state index contributed by atoms with van der Waals surface area (Å²) in [4.78, 5) is 14.7. The van der Waals surface area contributed by atoms with Gasteiger partial charge in [-0.3, -0.25) is 4.79 Å². The predicted molar refractivity (Wildman–Crippen MR) is 55.4 cm³/mol. The first kappa shape index (κ1) is 11.1. The van der Waals surface area contributed by atoms with Crippen molar-refractivity contribution in [2.75, 3.05) is 0 Å². The van der Waals surface area contributed by atoms with E-state index in [1.54, 1.807) is 0 Å². The molecule has 78 valence electrons. The number of rotatable bonds is 4. The van der Waals surface area contributed by atoms with Gasteiger partial charge in [-0.05, 0) is 0 Å². The molecule has 1 heterocycles. The Labute approximate surface area is 86.8 Å². The third-order valence-electron chi connectivity index (χ3n) is 1.81. The maximum Gasteiger partial charge on any atom is 0.305 e. The molecule has 3 N–H and O–H groups in total. The van der Waals surface area contributed by atoms with Gasteiger partial charge in [0.1, 0.15) is 0 Å². The molecule has 0 amide bonds. The molecular formula is C9H14N2O2S. The highest BCUT2D eigenvalue weighted by Crippen LogP contribution is 2.23. The van der Waals surface area contributed by atoms with Crippen molar-refractivity contribution in [3.8, 4) is 0 Å². The monoisotopic (exact) mass is 214 g/mol. The molecule has 0 spiro atoms. The van der Waals surface area contributed by atoms with Gasteiger partial charge in [0.25, 0.3) is 0 Å². The number of aliphatic carboxylic acids is 1. The number of hydrogen-bond donors (Lipinski definition) is 2. The molecule has 5 heteroatoms. The number of aromatic nitrogens is 1. The number of hydrogen-bond acceptors (Lipinski definition) is 4. The summed E-state index contributed by atoms with van der Waals surface area (Å²) in [6.07, 6.45) is -0.0682. The van der Waals surface area contributed by atoms with Crippen LogP contribution in [0.3, 0.4) is 0 Å². The first-order valence-corrected chi connectivity index (χ1v) is 5.31. The van der Waals surface area contributed by atoms with E-state index < -0.39 is 12.0 Å². The SMILES string of the molecule is CC(C)c1nc(C(N)CC(=O)O)cs1. The molecule has 1 aromatic rings. The van der Waals surface area contributed by atoms with Crippen molar-refractivity contribution in [1.29, 1.82) is 0 Å². The second-order valence-corrected chi connectivity index (χ2v) is 4.36. The van der Waals surface area contributed by atoms with Gasteiger partial charge in [0.15, 0.2) is 0 Å². The summed E-state index contributed by atoms with van der Waals surface area (Å²) in [7, 11) is 0. The zero-order valence-electron chi connectivity index (χ0n) is 8.23. The number of thiazole rings is 1. The molecule has 1 atom stereocenters. The lowest BCUT2D eigenvalue weighted by Crippen LogP contribution is -2.15. The van der Waals surface area contributed by atoms with Crippen LogP contribution < -0.4 is 5.73 Å². The largest absolute Gasteiger partial charge is 0.481 e. The highest BCUT2D eigenvalue weighted by Gasteiger charge is 2.14. The Hall–Kier alpha value is -0.940. The topological polar surface area (TPSA) is 76.2 Å². The van der Waals surface area contributed by atoms with Gasteiger partial charge in [-0.25, -0.2) is 4.98 Å². The van der Waals surface area contributed by atoms with E-state index in [-0.39, 0.29) is 6.42 Å². The van der Waals surface area contributed by atoms with E-state index in [0.717, 1.165) is 5.01 Å². The van der Waals surface area contributed by atoms with Gasteiger partial charge in [-0.15, -0.1) is 11.3 Å². The Bertz CT molecular complexity index is 322. The van der Waals surface area contributed by atoms with Gasteiger partial charge >= 0.3 is 5.97 Å². The van der Waals surface area contributed by atoms with Crippen molar-refractivity contribution < 1.29 is 9.90 Å². The van der Waals surface area contributed by atoms with Gasteiger partial charge in [-0.1, -0.05) is 13.8 Å². The van der Waals surface area contributed by atoms with E-state index in [1.807, 2.05) is 19.2 Å². The Morgan fingerprint density at radius 2 is 2.36 bits per heavy atom. The van der Waals surface area contributed by atoms with Crippen molar-refractivity contribution in [2.45, 2.75) is 32.2 Å². The Kier molecular flexibility index (Phi) is 3.60. The van der Waals surface area contributed by atoms with Gasteiger partial charge in [0.05, 0.1) is 23.2 Å². The number of nitrogens with zero attached hydrogens (tertiary/aromatic N) is 1. The summed E-state index contributed by atoms with van der Waals surface area (Å²) in [5.41, 5.74) is 6.35. The minimum Gasteiger partial charge on any atom is -0.481 e. The van der Waals surface area contributed by atoms with E-state index in [9.17, 15) is 4.79 Å². The second kappa shape index (κ2) is 4.52. The fourth-order valence-corrected chi connectivity index (χ4v) is 1.93. The fourth-order valence-electron chi connectivity index (χ4n) is 1.03. The average molecular weight is 214 g/mol. The van der Waals surface area contributed by atoms with E-state index in [0.29, 0.717) is 11.6 Å². The Balaban J connectivity index is 2.71. The molecule has 1 rings (SSSR count). The van der Waals surface area contributed by atoms with Crippen LogP contribution in [0.4, 0.5) is 0 Å². The highest BCUT2D eigenvalue weighted by molar-refractivity contribution is 7.09. The van der Waals surface area contributed by atoms with E-state index in [1.165, 1.54) is 11.3 Å². The van der Waals surface area contributed by atoms with Gasteiger partial charge in [-0.2, -0.15) is 0 Å². The number of nitrogens with two attached hydrogens (primary N) is 1. The summed E-state index contributed by atoms with van der Waals surface area (Å²) in [6, 6.07) is -0.490. The molecular weight excluding hydrogens is 200 g/mol. The lowest BCUT2D eigenvalue weighted by atomic mass is 10.2. The van der Waals surface area contributed by atoms with Crippen LogP contribution in [0.25, 0.3) is 0 Å². The van der Waals surface area contributed by atoms with E-state index >= 15 is 0 Å². The molecule has 0 aliphatic heterocycles. The van der Waals surface area contributed by atoms with Crippen LogP contribution >= 0.6 is 11.3 Å². The number of carboxylic acid groups (broad SMARTS) is 1. The Morgan fingerprint density at radius 3 is 2.79 bits per heavy atom. The molecule has 4 nitrogen and oxygen atoms in total. The van der Waals surface area contributed by atoms with Crippen molar-refractivity contribution in [3.05, 3.63) is 16.1 Å². The third kappa shape index (κ3) is 2.78.